The molecule has 0 saturated carbocycles. The van der Waals surface area contributed by atoms with Gasteiger partial charge in [0.1, 0.15) is 12.1 Å². The summed E-state index contributed by atoms with van der Waals surface area (Å²) in [6, 6.07) is 4.49. The van der Waals surface area contributed by atoms with Gasteiger partial charge in [0.15, 0.2) is 10.9 Å². The molecule has 4 nitrogen and oxygen atoms in total. The van der Waals surface area contributed by atoms with Crippen LogP contribution in [0.5, 0.6) is 0 Å². The molecule has 0 amide bonds. The van der Waals surface area contributed by atoms with E-state index in [1.165, 1.54) is 31.1 Å². The van der Waals surface area contributed by atoms with Crippen molar-refractivity contribution >= 4 is 17.5 Å². The first-order chi connectivity index (χ1) is 7.68. The Kier molecular flexibility index (Phi) is 3.00. The number of halogens is 1. The number of carbonyl (C=O) groups is 1. The van der Waals surface area contributed by atoms with Gasteiger partial charge in [-0.05, 0) is 30.8 Å². The maximum absolute atomic E-state index is 13.4. The maximum Gasteiger partial charge on any atom is 0.188 e. The smallest absolute Gasteiger partial charge is 0.188 e. The van der Waals surface area contributed by atoms with Gasteiger partial charge in [0.25, 0.3) is 0 Å². The van der Waals surface area contributed by atoms with E-state index in [-0.39, 0.29) is 11.3 Å². The quantitative estimate of drug-likeness (QED) is 0.832. The van der Waals surface area contributed by atoms with Gasteiger partial charge < -0.3 is 0 Å². The minimum Gasteiger partial charge on any atom is -0.294 e. The molecule has 1 aromatic carbocycles. The van der Waals surface area contributed by atoms with Crippen LogP contribution in [0.25, 0.3) is 0 Å². The lowest BCUT2D eigenvalue weighted by atomic mass is 10.1. The van der Waals surface area contributed by atoms with Gasteiger partial charge in [-0.2, -0.15) is 5.10 Å². The average molecular weight is 237 g/mol. The zero-order valence-corrected chi connectivity index (χ0v) is 9.21. The molecule has 1 N–H and O–H groups in total. The summed E-state index contributed by atoms with van der Waals surface area (Å²) in [5.74, 6) is -0.822. The maximum atomic E-state index is 13.4. The first-order valence-electron chi connectivity index (χ1n) is 4.51. The van der Waals surface area contributed by atoms with Gasteiger partial charge in [0.2, 0.25) is 0 Å². The summed E-state index contributed by atoms with van der Waals surface area (Å²) in [5.41, 5.74) is 0.0869. The van der Waals surface area contributed by atoms with Crippen molar-refractivity contribution in [2.24, 2.45) is 0 Å². The third kappa shape index (κ3) is 2.11. The molecule has 2 aromatic rings. The minimum atomic E-state index is -0.517. The summed E-state index contributed by atoms with van der Waals surface area (Å²) in [6.45, 7) is 1.34. The number of nitrogens with zero attached hydrogens (tertiary/aromatic N) is 2. The molecule has 16 heavy (non-hydrogen) atoms. The van der Waals surface area contributed by atoms with Crippen LogP contribution in [0.1, 0.15) is 17.3 Å². The van der Waals surface area contributed by atoms with Crippen molar-refractivity contribution in [1.29, 1.82) is 0 Å². The van der Waals surface area contributed by atoms with E-state index in [4.69, 9.17) is 0 Å². The molecule has 0 spiro atoms. The average Bonchev–Trinajstić information content (AvgIpc) is 2.70. The van der Waals surface area contributed by atoms with Gasteiger partial charge in [-0.15, -0.1) is 0 Å². The van der Waals surface area contributed by atoms with Gasteiger partial charge in [-0.3, -0.25) is 9.89 Å². The number of rotatable bonds is 3. The molecule has 0 fully saturated rings. The highest BCUT2D eigenvalue weighted by Gasteiger charge is 2.14. The fraction of sp³-hybridized carbons (Fsp3) is 0.100. The number of ketones is 1. The molecule has 82 valence electrons. The van der Waals surface area contributed by atoms with Crippen LogP contribution in [0.2, 0.25) is 0 Å². The Morgan fingerprint density at radius 2 is 2.31 bits per heavy atom. The van der Waals surface area contributed by atoms with Crippen molar-refractivity contribution in [3.05, 3.63) is 35.9 Å². The van der Waals surface area contributed by atoms with Crippen LogP contribution in [-0.4, -0.2) is 21.0 Å². The first-order valence-corrected chi connectivity index (χ1v) is 5.33. The van der Waals surface area contributed by atoms with Crippen LogP contribution in [0, 0.1) is 5.82 Å². The number of aromatic nitrogens is 3. The van der Waals surface area contributed by atoms with E-state index in [1.54, 1.807) is 12.1 Å². The summed E-state index contributed by atoms with van der Waals surface area (Å²) >= 11 is 1.17. The molecule has 6 heteroatoms. The molecule has 0 aliphatic rings. The predicted molar refractivity (Wildman–Crippen MR) is 56.9 cm³/mol. The van der Waals surface area contributed by atoms with E-state index in [9.17, 15) is 9.18 Å². The Morgan fingerprint density at radius 3 is 2.94 bits per heavy atom. The number of hydrogen-bond donors (Lipinski definition) is 1. The molecule has 0 bridgehead atoms. The number of carbonyl (C=O) groups excluding carboxylic acids is 1. The molecule has 1 aromatic heterocycles. The van der Waals surface area contributed by atoms with Crippen molar-refractivity contribution in [2.45, 2.75) is 17.0 Å². The van der Waals surface area contributed by atoms with Crippen LogP contribution in [0.3, 0.4) is 0 Å². The zero-order valence-electron chi connectivity index (χ0n) is 8.40. The number of nitrogens with one attached hydrogen (secondary N) is 1. The summed E-state index contributed by atoms with van der Waals surface area (Å²) in [7, 11) is 0. The minimum absolute atomic E-state index is 0.0869. The Labute approximate surface area is 95.3 Å². The molecule has 0 radical (unpaired) electrons. The molecule has 0 atom stereocenters. The highest BCUT2D eigenvalue weighted by Crippen LogP contribution is 2.29. The van der Waals surface area contributed by atoms with E-state index in [1.807, 2.05) is 0 Å². The van der Waals surface area contributed by atoms with Crippen molar-refractivity contribution in [3.63, 3.8) is 0 Å². The summed E-state index contributed by atoms with van der Waals surface area (Å²) in [4.78, 5) is 15.8. The fourth-order valence-electron chi connectivity index (χ4n) is 1.28. The first kappa shape index (κ1) is 10.8. The Morgan fingerprint density at radius 1 is 1.50 bits per heavy atom. The molecule has 0 saturated heterocycles. The normalized spacial score (nSPS) is 10.4. The van der Waals surface area contributed by atoms with E-state index in [0.29, 0.717) is 10.1 Å². The standard InChI is InChI=1S/C10H8FN3OS/c1-6(15)9-7(11)3-2-4-8(9)16-10-12-5-13-14-10/h2-5H,1H3,(H,12,13,14). The van der Waals surface area contributed by atoms with E-state index in [0.717, 1.165) is 0 Å². The monoisotopic (exact) mass is 237 g/mol. The van der Waals surface area contributed by atoms with Crippen molar-refractivity contribution in [3.8, 4) is 0 Å². The molecular formula is C10H8FN3OS. The second-order valence-corrected chi connectivity index (χ2v) is 4.09. The van der Waals surface area contributed by atoms with Crippen molar-refractivity contribution in [1.82, 2.24) is 15.2 Å². The van der Waals surface area contributed by atoms with Gasteiger partial charge in [0, 0.05) is 4.90 Å². The largest absolute Gasteiger partial charge is 0.294 e. The van der Waals surface area contributed by atoms with E-state index >= 15 is 0 Å². The zero-order chi connectivity index (χ0) is 11.5. The molecule has 0 aliphatic carbocycles. The third-order valence-corrected chi connectivity index (χ3v) is 2.88. The lowest BCUT2D eigenvalue weighted by molar-refractivity contribution is 0.101. The Hall–Kier alpha value is -1.69. The summed E-state index contributed by atoms with van der Waals surface area (Å²) in [5, 5.41) is 6.84. The molecule has 0 aliphatic heterocycles. The second kappa shape index (κ2) is 4.44. The van der Waals surface area contributed by atoms with Crippen molar-refractivity contribution < 1.29 is 9.18 Å². The van der Waals surface area contributed by atoms with Crippen LogP contribution >= 0.6 is 11.8 Å². The van der Waals surface area contributed by atoms with Crippen LogP contribution in [-0.2, 0) is 0 Å². The van der Waals surface area contributed by atoms with Gasteiger partial charge in [-0.25, -0.2) is 9.37 Å². The van der Waals surface area contributed by atoms with Gasteiger partial charge >= 0.3 is 0 Å². The number of aromatic amines is 1. The third-order valence-electron chi connectivity index (χ3n) is 1.93. The molecule has 0 unspecified atom stereocenters. The summed E-state index contributed by atoms with van der Waals surface area (Å²) < 4.78 is 13.4. The van der Waals surface area contributed by atoms with Crippen LogP contribution < -0.4 is 0 Å². The Balaban J connectivity index is 2.40. The van der Waals surface area contributed by atoms with Gasteiger partial charge in [-0.1, -0.05) is 6.07 Å². The fourth-order valence-corrected chi connectivity index (χ4v) is 2.18. The summed E-state index contributed by atoms with van der Waals surface area (Å²) in [6.07, 6.45) is 1.36. The second-order valence-electron chi connectivity index (χ2n) is 3.06. The number of H-pyrrole nitrogens is 1. The predicted octanol–water partition coefficient (Wildman–Crippen LogP) is 2.30. The topological polar surface area (TPSA) is 58.6 Å². The lowest BCUT2D eigenvalue weighted by Gasteiger charge is -2.05. The number of Topliss-reactive ketones (excluding diaryl/α,β-unsaturated/α-hetero) is 1. The molecule has 1 heterocycles. The molecular weight excluding hydrogens is 229 g/mol. The molecule has 2 rings (SSSR count). The van der Waals surface area contributed by atoms with Crippen LogP contribution in [0.4, 0.5) is 4.39 Å². The number of benzene rings is 1. The van der Waals surface area contributed by atoms with Crippen LogP contribution in [0.15, 0.2) is 34.6 Å². The van der Waals surface area contributed by atoms with E-state index < -0.39 is 5.82 Å². The SMILES string of the molecule is CC(=O)c1c(F)cccc1Sc1ncn[nH]1. The lowest BCUT2D eigenvalue weighted by Crippen LogP contribution is -1.99. The van der Waals surface area contributed by atoms with E-state index in [2.05, 4.69) is 15.2 Å². The van der Waals surface area contributed by atoms with Crippen molar-refractivity contribution in [2.75, 3.05) is 0 Å². The highest BCUT2D eigenvalue weighted by atomic mass is 32.2. The number of hydrogen-bond acceptors (Lipinski definition) is 4. The Bertz CT molecular complexity index is 513. The van der Waals surface area contributed by atoms with Gasteiger partial charge in [0.05, 0.1) is 5.56 Å². The highest BCUT2D eigenvalue weighted by molar-refractivity contribution is 7.99.